The van der Waals surface area contributed by atoms with Crippen molar-refractivity contribution in [3.05, 3.63) is 35.9 Å². The van der Waals surface area contributed by atoms with Crippen LogP contribution in [0.15, 0.2) is 30.3 Å². The second-order valence-electron chi connectivity index (χ2n) is 5.12. The van der Waals surface area contributed by atoms with E-state index in [1.807, 2.05) is 0 Å². The Morgan fingerprint density at radius 2 is 1.81 bits per heavy atom. The van der Waals surface area contributed by atoms with Crippen molar-refractivity contribution in [2.75, 3.05) is 0 Å². The third kappa shape index (κ3) is 2.01. The first-order chi connectivity index (χ1) is 7.79. The Labute approximate surface area is 99.0 Å². The fourth-order valence-corrected chi connectivity index (χ4v) is 3.24. The smallest absolute Gasteiger partial charge is 0.0136 e. The fourth-order valence-electron chi connectivity index (χ4n) is 3.24. The lowest BCUT2D eigenvalue weighted by Gasteiger charge is -2.36. The van der Waals surface area contributed by atoms with Gasteiger partial charge in [0.15, 0.2) is 0 Å². The highest BCUT2D eigenvalue weighted by atomic mass is 14.7. The van der Waals surface area contributed by atoms with E-state index >= 15 is 0 Å². The molecule has 0 spiro atoms. The molecule has 1 heteroatoms. The van der Waals surface area contributed by atoms with E-state index in [4.69, 9.17) is 5.73 Å². The molecule has 1 nitrogen and oxygen atoms in total. The summed E-state index contributed by atoms with van der Waals surface area (Å²) in [7, 11) is 0. The van der Waals surface area contributed by atoms with E-state index in [-0.39, 0.29) is 5.41 Å². The van der Waals surface area contributed by atoms with Crippen LogP contribution < -0.4 is 5.73 Å². The molecule has 0 bridgehead atoms. The molecular weight excluding hydrogens is 194 g/mol. The van der Waals surface area contributed by atoms with Gasteiger partial charge < -0.3 is 5.73 Å². The molecule has 0 heterocycles. The zero-order valence-corrected chi connectivity index (χ0v) is 10.3. The number of rotatable bonds is 4. The van der Waals surface area contributed by atoms with Crippen LogP contribution in [0.1, 0.15) is 51.0 Å². The second kappa shape index (κ2) is 5.01. The summed E-state index contributed by atoms with van der Waals surface area (Å²) in [6.45, 7) is 2.23. The van der Waals surface area contributed by atoms with E-state index in [1.54, 1.807) is 0 Å². The Balaban J connectivity index is 2.28. The van der Waals surface area contributed by atoms with E-state index in [1.165, 1.54) is 37.7 Å². The molecule has 1 saturated carbocycles. The van der Waals surface area contributed by atoms with Crippen LogP contribution in [0, 0.1) is 0 Å². The van der Waals surface area contributed by atoms with Gasteiger partial charge in [0.25, 0.3) is 0 Å². The van der Waals surface area contributed by atoms with Crippen LogP contribution in [-0.4, -0.2) is 6.04 Å². The maximum atomic E-state index is 6.46. The van der Waals surface area contributed by atoms with Crippen molar-refractivity contribution >= 4 is 0 Å². The van der Waals surface area contributed by atoms with Crippen LogP contribution in [0.5, 0.6) is 0 Å². The standard InChI is InChI=1S/C15H23N/c1-2-8-14(16)15(11-6-7-12-15)13-9-4-3-5-10-13/h3-5,9-10,14H,2,6-8,11-12,16H2,1H3/t14-/m1/s1. The molecule has 1 aromatic rings. The largest absolute Gasteiger partial charge is 0.327 e. The molecule has 1 fully saturated rings. The van der Waals surface area contributed by atoms with Gasteiger partial charge in [0.05, 0.1) is 0 Å². The minimum absolute atomic E-state index is 0.275. The van der Waals surface area contributed by atoms with E-state index < -0.39 is 0 Å². The monoisotopic (exact) mass is 217 g/mol. The average Bonchev–Trinajstić information content (AvgIpc) is 2.81. The Morgan fingerprint density at radius 3 is 2.38 bits per heavy atom. The molecule has 1 aliphatic rings. The molecule has 2 N–H and O–H groups in total. The van der Waals surface area contributed by atoms with Gasteiger partial charge in [-0.1, -0.05) is 56.5 Å². The lowest BCUT2D eigenvalue weighted by molar-refractivity contribution is 0.332. The molecule has 0 amide bonds. The molecule has 0 aromatic heterocycles. The zero-order valence-electron chi connectivity index (χ0n) is 10.3. The van der Waals surface area contributed by atoms with Crippen molar-refractivity contribution in [2.24, 2.45) is 5.73 Å². The highest BCUT2D eigenvalue weighted by Crippen LogP contribution is 2.44. The predicted octanol–water partition coefficient (Wildman–Crippen LogP) is 3.63. The fraction of sp³-hybridized carbons (Fsp3) is 0.600. The molecule has 0 radical (unpaired) electrons. The van der Waals surface area contributed by atoms with Crippen molar-refractivity contribution in [3.8, 4) is 0 Å². The van der Waals surface area contributed by atoms with Crippen LogP contribution in [0.2, 0.25) is 0 Å². The van der Waals surface area contributed by atoms with Crippen LogP contribution >= 0.6 is 0 Å². The summed E-state index contributed by atoms with van der Waals surface area (Å²) in [5.74, 6) is 0. The third-order valence-electron chi connectivity index (χ3n) is 4.15. The Hall–Kier alpha value is -0.820. The third-order valence-corrected chi connectivity index (χ3v) is 4.15. The van der Waals surface area contributed by atoms with Crippen molar-refractivity contribution < 1.29 is 0 Å². The quantitative estimate of drug-likeness (QED) is 0.819. The van der Waals surface area contributed by atoms with E-state index in [0.717, 1.165) is 6.42 Å². The minimum atomic E-state index is 0.275. The molecule has 1 aromatic carbocycles. The average molecular weight is 217 g/mol. The molecule has 88 valence electrons. The van der Waals surface area contributed by atoms with Gasteiger partial charge in [-0.3, -0.25) is 0 Å². The molecular formula is C15H23N. The maximum Gasteiger partial charge on any atom is 0.0136 e. The van der Waals surface area contributed by atoms with Crippen LogP contribution in [0.3, 0.4) is 0 Å². The number of hydrogen-bond acceptors (Lipinski definition) is 1. The van der Waals surface area contributed by atoms with Gasteiger partial charge >= 0.3 is 0 Å². The van der Waals surface area contributed by atoms with Gasteiger partial charge in [0.2, 0.25) is 0 Å². The molecule has 2 rings (SSSR count). The van der Waals surface area contributed by atoms with Gasteiger partial charge in [-0.25, -0.2) is 0 Å². The van der Waals surface area contributed by atoms with Crippen LogP contribution in [-0.2, 0) is 5.41 Å². The number of hydrogen-bond donors (Lipinski definition) is 1. The molecule has 0 aliphatic heterocycles. The minimum Gasteiger partial charge on any atom is -0.327 e. The maximum absolute atomic E-state index is 6.46. The summed E-state index contributed by atoms with van der Waals surface area (Å²) in [5, 5.41) is 0. The highest BCUT2D eigenvalue weighted by molar-refractivity contribution is 5.29. The van der Waals surface area contributed by atoms with E-state index in [2.05, 4.69) is 37.3 Å². The lowest BCUT2D eigenvalue weighted by atomic mass is 9.72. The molecule has 1 aliphatic carbocycles. The molecule has 0 unspecified atom stereocenters. The predicted molar refractivity (Wildman–Crippen MR) is 69.5 cm³/mol. The van der Waals surface area contributed by atoms with Gasteiger partial charge in [-0.15, -0.1) is 0 Å². The Kier molecular flexibility index (Phi) is 3.65. The first kappa shape index (κ1) is 11.7. The van der Waals surface area contributed by atoms with Gasteiger partial charge in [0, 0.05) is 11.5 Å². The Morgan fingerprint density at radius 1 is 1.19 bits per heavy atom. The highest BCUT2D eigenvalue weighted by Gasteiger charge is 2.40. The van der Waals surface area contributed by atoms with Crippen molar-refractivity contribution in [3.63, 3.8) is 0 Å². The SMILES string of the molecule is CCC[C@@H](N)C1(c2ccccc2)CCCC1. The first-order valence-corrected chi connectivity index (χ1v) is 6.61. The number of nitrogens with two attached hydrogens (primary N) is 1. The summed E-state index contributed by atoms with van der Waals surface area (Å²) < 4.78 is 0. The number of benzene rings is 1. The van der Waals surface area contributed by atoms with E-state index in [0.29, 0.717) is 6.04 Å². The Bertz CT molecular complexity index is 311. The normalized spacial score (nSPS) is 20.9. The summed E-state index contributed by atoms with van der Waals surface area (Å²) in [6.07, 6.45) is 7.57. The van der Waals surface area contributed by atoms with Gasteiger partial charge in [0.1, 0.15) is 0 Å². The lowest BCUT2D eigenvalue weighted by Crippen LogP contribution is -2.43. The van der Waals surface area contributed by atoms with Crippen molar-refractivity contribution in [1.29, 1.82) is 0 Å². The summed E-state index contributed by atoms with van der Waals surface area (Å²) in [4.78, 5) is 0. The van der Waals surface area contributed by atoms with Crippen molar-refractivity contribution in [1.82, 2.24) is 0 Å². The van der Waals surface area contributed by atoms with Crippen molar-refractivity contribution in [2.45, 2.75) is 56.9 Å². The zero-order chi connectivity index (χ0) is 11.4. The van der Waals surface area contributed by atoms with Crippen LogP contribution in [0.25, 0.3) is 0 Å². The summed E-state index contributed by atoms with van der Waals surface area (Å²) in [5.41, 5.74) is 8.20. The molecule has 1 atom stereocenters. The van der Waals surface area contributed by atoms with Gasteiger partial charge in [-0.2, -0.15) is 0 Å². The second-order valence-corrected chi connectivity index (χ2v) is 5.12. The summed E-state index contributed by atoms with van der Waals surface area (Å²) >= 11 is 0. The topological polar surface area (TPSA) is 26.0 Å². The van der Waals surface area contributed by atoms with Crippen LogP contribution in [0.4, 0.5) is 0 Å². The first-order valence-electron chi connectivity index (χ1n) is 6.61. The molecule has 16 heavy (non-hydrogen) atoms. The van der Waals surface area contributed by atoms with Gasteiger partial charge in [-0.05, 0) is 24.8 Å². The summed E-state index contributed by atoms with van der Waals surface area (Å²) in [6, 6.07) is 11.3. The van der Waals surface area contributed by atoms with E-state index in [9.17, 15) is 0 Å². The molecule has 0 saturated heterocycles.